The molecule has 0 saturated heterocycles. The largest absolute Gasteiger partial charge is 0.465 e. The lowest BCUT2D eigenvalue weighted by atomic mass is 9.94. The van der Waals surface area contributed by atoms with Gasteiger partial charge < -0.3 is 9.26 Å². The van der Waals surface area contributed by atoms with Gasteiger partial charge in [0, 0.05) is 12.4 Å². The van der Waals surface area contributed by atoms with E-state index < -0.39 is 11.4 Å². The summed E-state index contributed by atoms with van der Waals surface area (Å²) in [6.45, 7) is 7.25. The smallest absolute Gasteiger partial charge is 0.321 e. The first-order valence-corrected chi connectivity index (χ1v) is 6.25. The maximum atomic E-state index is 11.9. The Kier molecular flexibility index (Phi) is 3.78. The first kappa shape index (κ1) is 14.1. The van der Waals surface area contributed by atoms with Gasteiger partial charge in [-0.2, -0.15) is 4.98 Å². The Morgan fingerprint density at radius 2 is 1.95 bits per heavy atom. The Hall–Kier alpha value is -2.31. The summed E-state index contributed by atoms with van der Waals surface area (Å²) >= 11 is 0. The number of rotatable bonds is 4. The van der Waals surface area contributed by atoms with Crippen LogP contribution in [0.25, 0.3) is 11.6 Å². The average molecular weight is 276 g/mol. The van der Waals surface area contributed by atoms with Gasteiger partial charge in [0.1, 0.15) is 5.41 Å². The molecule has 0 saturated carbocycles. The van der Waals surface area contributed by atoms with E-state index in [1.807, 2.05) is 6.92 Å². The Balaban J connectivity index is 2.28. The van der Waals surface area contributed by atoms with E-state index in [1.165, 1.54) is 0 Å². The van der Waals surface area contributed by atoms with Gasteiger partial charge in [-0.1, -0.05) is 5.16 Å². The van der Waals surface area contributed by atoms with Crippen molar-refractivity contribution >= 4 is 5.97 Å². The summed E-state index contributed by atoms with van der Waals surface area (Å²) in [7, 11) is 0. The van der Waals surface area contributed by atoms with Gasteiger partial charge in [0.2, 0.25) is 17.5 Å². The van der Waals surface area contributed by atoms with Crippen LogP contribution in [0.1, 0.15) is 32.2 Å². The fourth-order valence-electron chi connectivity index (χ4n) is 1.48. The number of carbonyl (C=O) groups excluding carboxylic acids is 1. The van der Waals surface area contributed by atoms with Gasteiger partial charge in [-0.3, -0.25) is 4.79 Å². The van der Waals surface area contributed by atoms with Gasteiger partial charge in [0.25, 0.3) is 0 Å². The molecule has 2 aromatic heterocycles. The summed E-state index contributed by atoms with van der Waals surface area (Å²) < 4.78 is 10.1. The summed E-state index contributed by atoms with van der Waals surface area (Å²) in [5.41, 5.74) is -0.0734. The van der Waals surface area contributed by atoms with Crippen molar-refractivity contribution in [3.8, 4) is 11.6 Å². The first-order chi connectivity index (χ1) is 9.45. The third kappa shape index (κ3) is 2.66. The molecular weight excluding hydrogens is 260 g/mol. The van der Waals surface area contributed by atoms with Crippen LogP contribution in [-0.4, -0.2) is 32.7 Å². The highest BCUT2D eigenvalue weighted by Crippen LogP contribution is 2.24. The predicted molar refractivity (Wildman–Crippen MR) is 69.7 cm³/mol. The zero-order chi connectivity index (χ0) is 14.8. The number of carbonyl (C=O) groups is 1. The van der Waals surface area contributed by atoms with Crippen LogP contribution < -0.4 is 0 Å². The Morgan fingerprint density at radius 1 is 1.30 bits per heavy atom. The van der Waals surface area contributed by atoms with Crippen molar-refractivity contribution < 1.29 is 14.1 Å². The van der Waals surface area contributed by atoms with Crippen LogP contribution in [0.5, 0.6) is 0 Å². The maximum absolute atomic E-state index is 11.9. The van der Waals surface area contributed by atoms with Crippen LogP contribution in [0.4, 0.5) is 0 Å². The van der Waals surface area contributed by atoms with Crippen molar-refractivity contribution in [3.05, 3.63) is 23.8 Å². The number of nitrogens with zero attached hydrogens (tertiary/aromatic N) is 4. The number of esters is 1. The van der Waals surface area contributed by atoms with E-state index in [-0.39, 0.29) is 11.7 Å². The van der Waals surface area contributed by atoms with Gasteiger partial charge in [0.05, 0.1) is 6.61 Å². The van der Waals surface area contributed by atoms with Crippen molar-refractivity contribution in [2.24, 2.45) is 0 Å². The zero-order valence-electron chi connectivity index (χ0n) is 11.9. The molecule has 20 heavy (non-hydrogen) atoms. The van der Waals surface area contributed by atoms with Gasteiger partial charge in [0.15, 0.2) is 0 Å². The molecule has 0 spiro atoms. The van der Waals surface area contributed by atoms with Crippen LogP contribution in [0.2, 0.25) is 0 Å². The lowest BCUT2D eigenvalue weighted by molar-refractivity contribution is -0.149. The van der Waals surface area contributed by atoms with E-state index in [0.29, 0.717) is 12.4 Å². The van der Waals surface area contributed by atoms with Crippen molar-refractivity contribution in [3.63, 3.8) is 0 Å². The molecule has 0 aromatic carbocycles. The third-order valence-corrected chi connectivity index (χ3v) is 2.73. The molecular formula is C13H16N4O3. The standard InChI is InChI=1S/C13H16N4O3/c1-5-19-12(18)13(3,4)11-16-10(17-20-11)9-14-6-8(2)7-15-9/h6-7H,5H2,1-4H3. The molecule has 7 nitrogen and oxygen atoms in total. The first-order valence-electron chi connectivity index (χ1n) is 6.25. The fraction of sp³-hybridized carbons (Fsp3) is 0.462. The van der Waals surface area contributed by atoms with Crippen molar-refractivity contribution in [1.82, 2.24) is 20.1 Å². The number of hydrogen-bond donors (Lipinski definition) is 0. The Morgan fingerprint density at radius 3 is 2.55 bits per heavy atom. The maximum Gasteiger partial charge on any atom is 0.321 e. The second kappa shape index (κ2) is 5.36. The van der Waals surface area contributed by atoms with Crippen LogP contribution in [0.3, 0.4) is 0 Å². The van der Waals surface area contributed by atoms with E-state index in [2.05, 4.69) is 20.1 Å². The number of hydrogen-bond acceptors (Lipinski definition) is 7. The molecule has 2 heterocycles. The monoisotopic (exact) mass is 276 g/mol. The minimum absolute atomic E-state index is 0.176. The lowest BCUT2D eigenvalue weighted by Crippen LogP contribution is -2.31. The number of ether oxygens (including phenoxy) is 1. The normalized spacial score (nSPS) is 11.4. The molecule has 7 heteroatoms. The predicted octanol–water partition coefficient (Wildman–Crippen LogP) is 1.68. The average Bonchev–Trinajstić information content (AvgIpc) is 2.90. The van der Waals surface area contributed by atoms with E-state index in [1.54, 1.807) is 33.2 Å². The van der Waals surface area contributed by atoms with E-state index >= 15 is 0 Å². The van der Waals surface area contributed by atoms with Gasteiger partial charge in [-0.05, 0) is 33.3 Å². The van der Waals surface area contributed by atoms with Crippen LogP contribution >= 0.6 is 0 Å². The van der Waals surface area contributed by atoms with E-state index in [9.17, 15) is 4.79 Å². The molecule has 2 rings (SSSR count). The SMILES string of the molecule is CCOC(=O)C(C)(C)c1nc(-c2ncc(C)cn2)no1. The second-order valence-electron chi connectivity index (χ2n) is 4.85. The fourth-order valence-corrected chi connectivity index (χ4v) is 1.48. The summed E-state index contributed by atoms with van der Waals surface area (Å²) in [5, 5.41) is 3.81. The quantitative estimate of drug-likeness (QED) is 0.784. The summed E-state index contributed by atoms with van der Waals surface area (Å²) in [6, 6.07) is 0. The molecule has 2 aromatic rings. The van der Waals surface area contributed by atoms with Gasteiger partial charge in [-0.25, -0.2) is 9.97 Å². The van der Waals surface area contributed by atoms with E-state index in [0.717, 1.165) is 5.56 Å². The highest BCUT2D eigenvalue weighted by atomic mass is 16.5. The Labute approximate surface area is 116 Å². The molecule has 0 atom stereocenters. The van der Waals surface area contributed by atoms with Crippen LogP contribution in [-0.2, 0) is 14.9 Å². The number of aromatic nitrogens is 4. The van der Waals surface area contributed by atoms with Crippen molar-refractivity contribution in [2.75, 3.05) is 6.61 Å². The number of aryl methyl sites for hydroxylation is 1. The molecule has 0 N–H and O–H groups in total. The summed E-state index contributed by atoms with van der Waals surface area (Å²) in [6.07, 6.45) is 3.32. The Bertz CT molecular complexity index is 604. The van der Waals surface area contributed by atoms with Gasteiger partial charge in [-0.15, -0.1) is 0 Å². The molecule has 106 valence electrons. The van der Waals surface area contributed by atoms with Crippen LogP contribution in [0.15, 0.2) is 16.9 Å². The lowest BCUT2D eigenvalue weighted by Gasteiger charge is -2.16. The summed E-state index contributed by atoms with van der Waals surface area (Å²) in [4.78, 5) is 24.3. The molecule has 0 aliphatic heterocycles. The molecule has 0 fully saturated rings. The topological polar surface area (TPSA) is 91.0 Å². The minimum Gasteiger partial charge on any atom is -0.465 e. The molecule has 0 aliphatic carbocycles. The second-order valence-corrected chi connectivity index (χ2v) is 4.85. The molecule has 0 bridgehead atoms. The van der Waals surface area contributed by atoms with Crippen molar-refractivity contribution in [2.45, 2.75) is 33.1 Å². The highest BCUT2D eigenvalue weighted by molar-refractivity contribution is 5.80. The minimum atomic E-state index is -1.01. The third-order valence-electron chi connectivity index (χ3n) is 2.73. The van der Waals surface area contributed by atoms with Crippen LogP contribution in [0, 0.1) is 6.92 Å². The highest BCUT2D eigenvalue weighted by Gasteiger charge is 2.37. The van der Waals surface area contributed by atoms with Crippen molar-refractivity contribution in [1.29, 1.82) is 0 Å². The molecule has 0 aliphatic rings. The van der Waals surface area contributed by atoms with Gasteiger partial charge >= 0.3 is 5.97 Å². The molecule has 0 amide bonds. The van der Waals surface area contributed by atoms with E-state index in [4.69, 9.17) is 9.26 Å². The molecule has 0 unspecified atom stereocenters. The summed E-state index contributed by atoms with van der Waals surface area (Å²) in [5.74, 6) is 0.359. The zero-order valence-corrected chi connectivity index (χ0v) is 11.9. The molecule has 0 radical (unpaired) electrons.